The summed E-state index contributed by atoms with van der Waals surface area (Å²) in [6, 6.07) is 5.13. The molecular formula is C13H21FN2O. The molecule has 0 atom stereocenters. The van der Waals surface area contributed by atoms with Crippen molar-refractivity contribution in [2.45, 2.75) is 13.2 Å². The summed E-state index contributed by atoms with van der Waals surface area (Å²) in [5.41, 5.74) is 1.69. The molecule has 0 spiro atoms. The quantitative estimate of drug-likeness (QED) is 0.733. The van der Waals surface area contributed by atoms with Gasteiger partial charge in [-0.1, -0.05) is 6.07 Å². The Hall–Kier alpha value is -0.970. The Morgan fingerprint density at radius 1 is 1.35 bits per heavy atom. The second-order valence-corrected chi connectivity index (χ2v) is 4.31. The summed E-state index contributed by atoms with van der Waals surface area (Å²) in [5, 5.41) is 3.04. The summed E-state index contributed by atoms with van der Waals surface area (Å²) in [6.07, 6.45) is 0. The summed E-state index contributed by atoms with van der Waals surface area (Å²) in [7, 11) is 5.84. The van der Waals surface area contributed by atoms with E-state index < -0.39 is 0 Å². The first-order valence-corrected chi connectivity index (χ1v) is 5.78. The van der Waals surface area contributed by atoms with Crippen molar-refractivity contribution in [1.82, 2.24) is 10.2 Å². The van der Waals surface area contributed by atoms with Crippen LogP contribution in [-0.4, -0.2) is 39.2 Å². The molecular weight excluding hydrogens is 219 g/mol. The SMILES string of the molecule is CNCc1ccc(F)c(COCCN(C)C)c1. The van der Waals surface area contributed by atoms with Gasteiger partial charge in [-0.15, -0.1) is 0 Å². The Bertz CT molecular complexity index is 342. The van der Waals surface area contributed by atoms with Crippen LogP contribution in [0.4, 0.5) is 4.39 Å². The van der Waals surface area contributed by atoms with E-state index in [-0.39, 0.29) is 5.82 Å². The van der Waals surface area contributed by atoms with E-state index in [1.54, 1.807) is 6.07 Å². The molecule has 1 aromatic carbocycles. The molecule has 0 heterocycles. The van der Waals surface area contributed by atoms with Gasteiger partial charge in [0.1, 0.15) is 5.82 Å². The number of likely N-dealkylation sites (N-methyl/N-ethyl adjacent to an activating group) is 1. The lowest BCUT2D eigenvalue weighted by molar-refractivity contribution is 0.103. The topological polar surface area (TPSA) is 24.5 Å². The second-order valence-electron chi connectivity index (χ2n) is 4.31. The molecule has 17 heavy (non-hydrogen) atoms. The van der Waals surface area contributed by atoms with Crippen molar-refractivity contribution >= 4 is 0 Å². The van der Waals surface area contributed by atoms with Crippen molar-refractivity contribution in [3.63, 3.8) is 0 Å². The number of nitrogens with zero attached hydrogens (tertiary/aromatic N) is 1. The van der Waals surface area contributed by atoms with Crippen LogP contribution < -0.4 is 5.32 Å². The van der Waals surface area contributed by atoms with E-state index in [9.17, 15) is 4.39 Å². The molecule has 1 N–H and O–H groups in total. The van der Waals surface area contributed by atoms with Gasteiger partial charge in [-0.25, -0.2) is 4.39 Å². The van der Waals surface area contributed by atoms with E-state index in [0.717, 1.165) is 18.7 Å². The number of benzene rings is 1. The van der Waals surface area contributed by atoms with Crippen LogP contribution >= 0.6 is 0 Å². The molecule has 0 radical (unpaired) electrons. The third kappa shape index (κ3) is 5.26. The largest absolute Gasteiger partial charge is 0.375 e. The summed E-state index contributed by atoms with van der Waals surface area (Å²) >= 11 is 0. The predicted octanol–water partition coefficient (Wildman–Crippen LogP) is 1.62. The van der Waals surface area contributed by atoms with Crippen LogP contribution in [-0.2, 0) is 17.9 Å². The fraction of sp³-hybridized carbons (Fsp3) is 0.538. The molecule has 3 nitrogen and oxygen atoms in total. The van der Waals surface area contributed by atoms with Crippen molar-refractivity contribution in [2.75, 3.05) is 34.3 Å². The summed E-state index contributed by atoms with van der Waals surface area (Å²) in [5.74, 6) is -0.199. The van der Waals surface area contributed by atoms with Crippen LogP contribution in [0.3, 0.4) is 0 Å². The molecule has 0 aliphatic heterocycles. The smallest absolute Gasteiger partial charge is 0.128 e. The van der Waals surface area contributed by atoms with Gasteiger partial charge in [0.25, 0.3) is 0 Å². The molecule has 1 aromatic rings. The first-order valence-electron chi connectivity index (χ1n) is 5.78. The highest BCUT2D eigenvalue weighted by molar-refractivity contribution is 5.24. The third-order valence-corrected chi connectivity index (χ3v) is 2.43. The van der Waals surface area contributed by atoms with Crippen molar-refractivity contribution < 1.29 is 9.13 Å². The maximum absolute atomic E-state index is 13.5. The normalized spacial score (nSPS) is 11.1. The van der Waals surface area contributed by atoms with Crippen LogP contribution in [0, 0.1) is 5.82 Å². The summed E-state index contributed by atoms with van der Waals surface area (Å²) in [4.78, 5) is 2.04. The minimum absolute atomic E-state index is 0.199. The molecule has 1 rings (SSSR count). The summed E-state index contributed by atoms with van der Waals surface area (Å²) in [6.45, 7) is 2.53. The monoisotopic (exact) mass is 240 g/mol. The van der Waals surface area contributed by atoms with Crippen LogP contribution in [0.1, 0.15) is 11.1 Å². The minimum atomic E-state index is -0.199. The van der Waals surface area contributed by atoms with Gasteiger partial charge in [0.2, 0.25) is 0 Å². The minimum Gasteiger partial charge on any atom is -0.375 e. The number of nitrogens with one attached hydrogen (secondary N) is 1. The number of ether oxygens (including phenoxy) is 1. The number of hydrogen-bond acceptors (Lipinski definition) is 3. The van der Waals surface area contributed by atoms with Crippen molar-refractivity contribution in [1.29, 1.82) is 0 Å². The van der Waals surface area contributed by atoms with Gasteiger partial charge in [-0.3, -0.25) is 0 Å². The zero-order valence-corrected chi connectivity index (χ0v) is 10.8. The standard InChI is InChI=1S/C13H21FN2O/c1-15-9-11-4-5-13(14)12(8-11)10-17-7-6-16(2)3/h4-5,8,15H,6-7,9-10H2,1-3H3. The highest BCUT2D eigenvalue weighted by Gasteiger charge is 2.03. The van der Waals surface area contributed by atoms with E-state index >= 15 is 0 Å². The van der Waals surface area contributed by atoms with Crippen LogP contribution in [0.2, 0.25) is 0 Å². The lowest BCUT2D eigenvalue weighted by Gasteiger charge is -2.11. The maximum atomic E-state index is 13.5. The molecule has 96 valence electrons. The molecule has 0 fully saturated rings. The van der Waals surface area contributed by atoms with Gasteiger partial charge in [-0.2, -0.15) is 0 Å². The average molecular weight is 240 g/mol. The van der Waals surface area contributed by atoms with Crippen LogP contribution in [0.5, 0.6) is 0 Å². The average Bonchev–Trinajstić information content (AvgIpc) is 2.28. The lowest BCUT2D eigenvalue weighted by Crippen LogP contribution is -2.18. The van der Waals surface area contributed by atoms with E-state index in [1.807, 2.05) is 32.1 Å². The molecule has 0 amide bonds. The lowest BCUT2D eigenvalue weighted by atomic mass is 10.1. The van der Waals surface area contributed by atoms with Crippen molar-refractivity contribution in [3.8, 4) is 0 Å². The Morgan fingerprint density at radius 2 is 2.12 bits per heavy atom. The number of halogens is 1. The molecule has 0 aromatic heterocycles. The number of hydrogen-bond donors (Lipinski definition) is 1. The Morgan fingerprint density at radius 3 is 2.76 bits per heavy atom. The van der Waals surface area contributed by atoms with E-state index in [0.29, 0.717) is 18.8 Å². The molecule has 0 unspecified atom stereocenters. The molecule has 0 saturated carbocycles. The Labute approximate surface area is 103 Å². The highest BCUT2D eigenvalue weighted by Crippen LogP contribution is 2.11. The fourth-order valence-electron chi connectivity index (χ4n) is 1.48. The Balaban J connectivity index is 2.48. The molecule has 0 aliphatic rings. The van der Waals surface area contributed by atoms with E-state index in [4.69, 9.17) is 4.74 Å². The zero-order valence-electron chi connectivity index (χ0n) is 10.8. The van der Waals surface area contributed by atoms with Gasteiger partial charge in [-0.05, 0) is 38.8 Å². The maximum Gasteiger partial charge on any atom is 0.128 e. The highest BCUT2D eigenvalue weighted by atomic mass is 19.1. The van der Waals surface area contributed by atoms with Gasteiger partial charge >= 0.3 is 0 Å². The van der Waals surface area contributed by atoms with Crippen LogP contribution in [0.25, 0.3) is 0 Å². The van der Waals surface area contributed by atoms with Crippen molar-refractivity contribution in [2.24, 2.45) is 0 Å². The predicted molar refractivity (Wildman–Crippen MR) is 67.4 cm³/mol. The summed E-state index contributed by atoms with van der Waals surface area (Å²) < 4.78 is 18.9. The van der Waals surface area contributed by atoms with E-state index in [1.165, 1.54) is 6.07 Å². The zero-order chi connectivity index (χ0) is 12.7. The molecule has 0 aliphatic carbocycles. The van der Waals surface area contributed by atoms with E-state index in [2.05, 4.69) is 5.32 Å². The molecule has 0 saturated heterocycles. The molecule has 0 bridgehead atoms. The van der Waals surface area contributed by atoms with Gasteiger partial charge < -0.3 is 15.0 Å². The van der Waals surface area contributed by atoms with Crippen molar-refractivity contribution in [3.05, 3.63) is 35.1 Å². The third-order valence-electron chi connectivity index (χ3n) is 2.43. The first kappa shape index (κ1) is 14.1. The second kappa shape index (κ2) is 7.37. The Kier molecular flexibility index (Phi) is 6.11. The van der Waals surface area contributed by atoms with Gasteiger partial charge in [0, 0.05) is 18.7 Å². The number of rotatable bonds is 7. The van der Waals surface area contributed by atoms with Gasteiger partial charge in [0.05, 0.1) is 13.2 Å². The first-order chi connectivity index (χ1) is 8.13. The van der Waals surface area contributed by atoms with Crippen LogP contribution in [0.15, 0.2) is 18.2 Å². The molecule has 4 heteroatoms. The fourth-order valence-corrected chi connectivity index (χ4v) is 1.48. The van der Waals surface area contributed by atoms with Gasteiger partial charge in [0.15, 0.2) is 0 Å².